The molecule has 1 aromatic heterocycles. The Morgan fingerprint density at radius 3 is 2.71 bits per heavy atom. The number of aldehydes is 1. The second-order valence-electron chi connectivity index (χ2n) is 2.76. The van der Waals surface area contributed by atoms with E-state index in [2.05, 4.69) is 4.98 Å². The maximum absolute atomic E-state index is 12.4. The normalized spacial score (nSPS) is 10.6. The second-order valence-corrected chi connectivity index (χ2v) is 3.03. The molecule has 0 atom stereocenters. The topological polar surface area (TPSA) is 30.0 Å². The van der Waals surface area contributed by atoms with Crippen molar-refractivity contribution < 1.29 is 13.6 Å². The largest absolute Gasteiger partial charge is 0.298 e. The molecule has 2 nitrogen and oxygen atoms in total. The van der Waals surface area contributed by atoms with Gasteiger partial charge in [-0.1, -0.05) is 0 Å². The first-order valence-corrected chi connectivity index (χ1v) is 4.43. The van der Waals surface area contributed by atoms with E-state index in [1.165, 1.54) is 6.07 Å². The zero-order valence-corrected chi connectivity index (χ0v) is 8.18. The molecule has 5 heteroatoms. The quantitative estimate of drug-likeness (QED) is 0.578. The maximum atomic E-state index is 12.4. The van der Waals surface area contributed by atoms with E-state index in [0.717, 1.165) is 0 Å². The summed E-state index contributed by atoms with van der Waals surface area (Å²) >= 11 is 5.55. The molecule has 14 heavy (non-hydrogen) atoms. The van der Waals surface area contributed by atoms with Crippen molar-refractivity contribution >= 4 is 17.9 Å². The van der Waals surface area contributed by atoms with E-state index < -0.39 is 12.1 Å². The van der Waals surface area contributed by atoms with Gasteiger partial charge in [-0.15, -0.1) is 11.6 Å². The molecular weight excluding hydrogens is 212 g/mol. The number of rotatable bonds is 3. The predicted octanol–water partition coefficient (Wildman–Crippen LogP) is 2.88. The Kier molecular flexibility index (Phi) is 3.52. The van der Waals surface area contributed by atoms with Gasteiger partial charge in [0.25, 0.3) is 6.43 Å². The molecule has 0 fully saturated rings. The summed E-state index contributed by atoms with van der Waals surface area (Å²) in [5.41, 5.74) is 0.451. The Labute approximate surface area is 84.9 Å². The highest BCUT2D eigenvalue weighted by Crippen LogP contribution is 2.22. The summed E-state index contributed by atoms with van der Waals surface area (Å²) in [5.74, 6) is 0.156. The Morgan fingerprint density at radius 2 is 2.29 bits per heavy atom. The molecule has 0 spiro atoms. The summed E-state index contributed by atoms with van der Waals surface area (Å²) < 4.78 is 24.8. The van der Waals surface area contributed by atoms with Crippen molar-refractivity contribution in [3.05, 3.63) is 28.6 Å². The first-order chi connectivity index (χ1) is 6.60. The molecule has 0 aliphatic heterocycles. The molecule has 1 heterocycles. The van der Waals surface area contributed by atoms with Crippen molar-refractivity contribution in [2.75, 3.05) is 0 Å². The third kappa shape index (κ3) is 2.07. The van der Waals surface area contributed by atoms with Crippen LogP contribution in [0.2, 0.25) is 0 Å². The van der Waals surface area contributed by atoms with Crippen molar-refractivity contribution in [3.63, 3.8) is 0 Å². The van der Waals surface area contributed by atoms with Crippen LogP contribution in [0.5, 0.6) is 0 Å². The van der Waals surface area contributed by atoms with Gasteiger partial charge in [0, 0.05) is 17.1 Å². The number of alkyl halides is 3. The van der Waals surface area contributed by atoms with Crippen LogP contribution in [-0.4, -0.2) is 11.3 Å². The molecule has 76 valence electrons. The van der Waals surface area contributed by atoms with Crippen molar-refractivity contribution in [1.29, 1.82) is 0 Å². The van der Waals surface area contributed by atoms with E-state index in [1.807, 2.05) is 0 Å². The van der Waals surface area contributed by atoms with E-state index in [4.69, 9.17) is 11.6 Å². The van der Waals surface area contributed by atoms with E-state index >= 15 is 0 Å². The number of hydrogen-bond donors (Lipinski definition) is 0. The van der Waals surface area contributed by atoms with Crippen LogP contribution < -0.4 is 0 Å². The Balaban J connectivity index is 3.31. The van der Waals surface area contributed by atoms with Crippen LogP contribution in [0, 0.1) is 6.92 Å². The predicted molar refractivity (Wildman–Crippen MR) is 48.9 cm³/mol. The first-order valence-electron chi connectivity index (χ1n) is 3.89. The Hall–Kier alpha value is -1.03. The summed E-state index contributed by atoms with van der Waals surface area (Å²) in [6.07, 6.45) is -2.37. The van der Waals surface area contributed by atoms with Gasteiger partial charge in [-0.25, -0.2) is 8.78 Å². The number of carbonyl (C=O) groups excluding carboxylic acids is 1. The minimum atomic E-state index is -2.74. The highest BCUT2D eigenvalue weighted by Gasteiger charge is 2.16. The third-order valence-electron chi connectivity index (χ3n) is 1.86. The number of hydrogen-bond acceptors (Lipinski definition) is 2. The number of aromatic nitrogens is 1. The molecule has 0 aliphatic rings. The highest BCUT2D eigenvalue weighted by atomic mass is 35.5. The molecule has 0 amide bonds. The van der Waals surface area contributed by atoms with Gasteiger partial charge in [0.15, 0.2) is 6.29 Å². The Morgan fingerprint density at radius 1 is 1.64 bits per heavy atom. The van der Waals surface area contributed by atoms with Gasteiger partial charge in [-0.3, -0.25) is 9.78 Å². The smallest absolute Gasteiger partial charge is 0.281 e. The molecule has 0 radical (unpaired) electrons. The fourth-order valence-corrected chi connectivity index (χ4v) is 1.36. The number of nitrogens with zero attached hydrogens (tertiary/aromatic N) is 1. The molecule has 0 unspecified atom stereocenters. The lowest BCUT2D eigenvalue weighted by Crippen LogP contribution is -2.02. The fourth-order valence-electron chi connectivity index (χ4n) is 1.09. The lowest BCUT2D eigenvalue weighted by Gasteiger charge is -2.07. The molecule has 1 aromatic rings. The number of halogens is 3. The molecule has 0 saturated heterocycles. The minimum absolute atomic E-state index is 0.0961. The van der Waals surface area contributed by atoms with Crippen LogP contribution in [0.25, 0.3) is 0 Å². The van der Waals surface area contributed by atoms with Crippen molar-refractivity contribution in [1.82, 2.24) is 4.98 Å². The number of aryl methyl sites for hydroxylation is 1. The van der Waals surface area contributed by atoms with Gasteiger partial charge >= 0.3 is 0 Å². The number of pyridine rings is 1. The standard InChI is InChI=1S/C9H8ClF2NO/c1-5-6(3-10)2-7(4-14)8(13-5)9(11)12/h2,4,9H,3H2,1H3. The van der Waals surface area contributed by atoms with Crippen molar-refractivity contribution in [3.8, 4) is 0 Å². The molecule has 0 aliphatic carbocycles. The fraction of sp³-hybridized carbons (Fsp3) is 0.333. The zero-order chi connectivity index (χ0) is 10.7. The molecular formula is C9H8ClF2NO. The minimum Gasteiger partial charge on any atom is -0.298 e. The van der Waals surface area contributed by atoms with Crippen LogP contribution in [0.3, 0.4) is 0 Å². The maximum Gasteiger partial charge on any atom is 0.281 e. The van der Waals surface area contributed by atoms with Crippen LogP contribution in [-0.2, 0) is 5.88 Å². The second kappa shape index (κ2) is 4.46. The summed E-state index contributed by atoms with van der Waals surface area (Å²) in [6.45, 7) is 1.58. The summed E-state index contributed by atoms with van der Waals surface area (Å²) in [5, 5.41) is 0. The SMILES string of the molecule is Cc1nc(C(F)F)c(C=O)cc1CCl. The molecule has 0 saturated carbocycles. The molecule has 0 bridgehead atoms. The van der Waals surface area contributed by atoms with E-state index in [1.54, 1.807) is 6.92 Å². The summed E-state index contributed by atoms with van der Waals surface area (Å²) in [7, 11) is 0. The lowest BCUT2D eigenvalue weighted by molar-refractivity contribution is 0.110. The van der Waals surface area contributed by atoms with Crippen LogP contribution in [0.4, 0.5) is 8.78 Å². The monoisotopic (exact) mass is 219 g/mol. The third-order valence-corrected chi connectivity index (χ3v) is 2.14. The highest BCUT2D eigenvalue weighted by molar-refractivity contribution is 6.17. The van der Waals surface area contributed by atoms with Crippen LogP contribution in [0.1, 0.15) is 33.7 Å². The summed E-state index contributed by atoms with van der Waals surface area (Å²) in [6, 6.07) is 1.35. The average molecular weight is 220 g/mol. The van der Waals surface area contributed by atoms with Gasteiger partial charge in [0.1, 0.15) is 5.69 Å². The molecule has 0 N–H and O–H groups in total. The van der Waals surface area contributed by atoms with Gasteiger partial charge in [-0.05, 0) is 18.6 Å². The van der Waals surface area contributed by atoms with Crippen LogP contribution in [0.15, 0.2) is 6.07 Å². The van der Waals surface area contributed by atoms with Crippen molar-refractivity contribution in [2.24, 2.45) is 0 Å². The zero-order valence-electron chi connectivity index (χ0n) is 7.43. The van der Waals surface area contributed by atoms with E-state index in [-0.39, 0.29) is 11.4 Å². The van der Waals surface area contributed by atoms with E-state index in [0.29, 0.717) is 17.5 Å². The summed E-state index contributed by atoms with van der Waals surface area (Å²) in [4.78, 5) is 14.1. The number of carbonyl (C=O) groups is 1. The van der Waals surface area contributed by atoms with Gasteiger partial charge in [0.05, 0.1) is 0 Å². The lowest BCUT2D eigenvalue weighted by atomic mass is 10.1. The van der Waals surface area contributed by atoms with Gasteiger partial charge in [0.2, 0.25) is 0 Å². The van der Waals surface area contributed by atoms with Gasteiger partial charge < -0.3 is 0 Å². The van der Waals surface area contributed by atoms with Crippen molar-refractivity contribution in [2.45, 2.75) is 19.2 Å². The van der Waals surface area contributed by atoms with Crippen LogP contribution >= 0.6 is 11.6 Å². The van der Waals surface area contributed by atoms with E-state index in [9.17, 15) is 13.6 Å². The Bertz CT molecular complexity index is 355. The first kappa shape index (κ1) is 11.0. The average Bonchev–Trinajstić information content (AvgIpc) is 2.17. The molecule has 0 aromatic carbocycles. The van der Waals surface area contributed by atoms with Gasteiger partial charge in [-0.2, -0.15) is 0 Å². The molecule has 1 rings (SSSR count).